The van der Waals surface area contributed by atoms with Crippen molar-refractivity contribution in [3.63, 3.8) is 0 Å². The summed E-state index contributed by atoms with van der Waals surface area (Å²) < 4.78 is 15.0. The van der Waals surface area contributed by atoms with Gasteiger partial charge in [0, 0.05) is 34.6 Å². The predicted octanol–water partition coefficient (Wildman–Crippen LogP) is 4.33. The van der Waals surface area contributed by atoms with Crippen LogP contribution in [0.5, 0.6) is 0 Å². The zero-order valence-corrected chi connectivity index (χ0v) is 13.9. The van der Waals surface area contributed by atoms with Gasteiger partial charge in [0.2, 0.25) is 0 Å². The molecule has 0 aliphatic heterocycles. The van der Waals surface area contributed by atoms with E-state index in [-0.39, 0.29) is 17.1 Å². The van der Waals surface area contributed by atoms with E-state index < -0.39 is 0 Å². The van der Waals surface area contributed by atoms with Crippen molar-refractivity contribution in [3.05, 3.63) is 116 Å². The predicted molar refractivity (Wildman–Crippen MR) is 89.3 cm³/mol. The van der Waals surface area contributed by atoms with Crippen molar-refractivity contribution < 1.29 is 26.4 Å². The molecule has 0 bridgehead atoms. The van der Waals surface area contributed by atoms with Crippen molar-refractivity contribution in [1.82, 2.24) is 0 Å². The van der Waals surface area contributed by atoms with Gasteiger partial charge in [-0.3, -0.25) is 0 Å². The van der Waals surface area contributed by atoms with Crippen LogP contribution in [-0.4, -0.2) is 0 Å². The second-order valence-corrected chi connectivity index (χ2v) is 3.94. The Bertz CT molecular complexity index is 628. The first-order valence-electron chi connectivity index (χ1n) is 6.65. The van der Waals surface area contributed by atoms with Gasteiger partial charge in [-0.1, -0.05) is 72.5 Å². The monoisotopic (exact) mass is 355 g/mol. The van der Waals surface area contributed by atoms with Gasteiger partial charge in [0.15, 0.2) is 0 Å². The first-order chi connectivity index (χ1) is 11.4. The fourth-order valence-corrected chi connectivity index (χ4v) is 1.51. The smallest absolute Gasteiger partial charge is 0.00506 e. The minimum absolute atomic E-state index is 0. The second-order valence-electron chi connectivity index (χ2n) is 3.94. The summed E-state index contributed by atoms with van der Waals surface area (Å²) in [7, 11) is 0. The fourth-order valence-electron chi connectivity index (χ4n) is 1.51. The van der Waals surface area contributed by atoms with Crippen LogP contribution in [0.3, 0.4) is 0 Å². The van der Waals surface area contributed by atoms with Gasteiger partial charge in [0.25, 0.3) is 0 Å². The Kier molecular flexibility index (Phi) is 18.3. The van der Waals surface area contributed by atoms with Crippen molar-refractivity contribution in [2.24, 2.45) is 0 Å². The van der Waals surface area contributed by atoms with Gasteiger partial charge in [-0.2, -0.15) is 0 Å². The topological polar surface area (TPSA) is 39.8 Å². The SMILES string of the molecule is C(#Cc1ccccc1)c1ccccc1.[C-]#[O+].[C-]#[O+].[CH]1C=CC=C1.[Fe]. The third-order valence-electron chi connectivity index (χ3n) is 2.45. The third-order valence-corrected chi connectivity index (χ3v) is 2.45. The fraction of sp³-hybridized carbons (Fsp3) is 0. The first-order valence-corrected chi connectivity index (χ1v) is 6.65. The molecule has 1 aliphatic carbocycles. The summed E-state index contributed by atoms with van der Waals surface area (Å²) in [5.41, 5.74) is 2.10. The van der Waals surface area contributed by atoms with Crippen LogP contribution in [0.15, 0.2) is 85.0 Å². The van der Waals surface area contributed by atoms with Crippen LogP contribution in [0, 0.1) is 31.6 Å². The van der Waals surface area contributed by atoms with Crippen LogP contribution < -0.4 is 0 Å². The van der Waals surface area contributed by atoms with Crippen LogP contribution >= 0.6 is 0 Å². The van der Waals surface area contributed by atoms with E-state index in [4.69, 9.17) is 9.30 Å². The minimum Gasteiger partial charge on any atom is -0.0767 e. The molecule has 119 valence electrons. The molecule has 2 aromatic carbocycles. The summed E-state index contributed by atoms with van der Waals surface area (Å²) in [6.07, 6.45) is 10.0. The molecule has 0 saturated heterocycles. The number of benzene rings is 2. The molecule has 0 saturated carbocycles. The summed E-state index contributed by atoms with van der Waals surface area (Å²) in [4.78, 5) is 0. The zero-order valence-electron chi connectivity index (χ0n) is 12.8. The molecule has 0 fully saturated rings. The van der Waals surface area contributed by atoms with Crippen molar-refractivity contribution >= 4 is 0 Å². The maximum absolute atomic E-state index is 7.50. The van der Waals surface area contributed by atoms with Crippen LogP contribution in [0.25, 0.3) is 0 Å². The van der Waals surface area contributed by atoms with Crippen LogP contribution in [0.2, 0.25) is 0 Å². The maximum atomic E-state index is 7.50. The Morgan fingerprint density at radius 1 is 0.542 bits per heavy atom. The van der Waals surface area contributed by atoms with Crippen LogP contribution in [0.1, 0.15) is 11.1 Å². The van der Waals surface area contributed by atoms with E-state index in [2.05, 4.69) is 25.1 Å². The largest absolute Gasteiger partial charge is 0.0767 e. The van der Waals surface area contributed by atoms with E-state index in [0.717, 1.165) is 11.1 Å². The summed E-state index contributed by atoms with van der Waals surface area (Å²) in [6.45, 7) is 9.00. The van der Waals surface area contributed by atoms with Gasteiger partial charge in [0.1, 0.15) is 0 Å². The molecule has 3 heteroatoms. The molecule has 0 unspecified atom stereocenters. The van der Waals surface area contributed by atoms with E-state index in [1.807, 2.05) is 91.4 Å². The van der Waals surface area contributed by atoms with Crippen LogP contribution in [-0.2, 0) is 26.4 Å². The van der Waals surface area contributed by atoms with Crippen molar-refractivity contribution in [1.29, 1.82) is 0 Å². The molecule has 0 N–H and O–H groups in total. The molecule has 0 heterocycles. The molecule has 0 amide bonds. The minimum atomic E-state index is 0. The Morgan fingerprint density at radius 2 is 0.875 bits per heavy atom. The van der Waals surface area contributed by atoms with E-state index in [1.165, 1.54) is 0 Å². The molecule has 0 spiro atoms. The molecule has 2 aromatic rings. The molecular weight excluding hydrogens is 340 g/mol. The number of rotatable bonds is 0. The van der Waals surface area contributed by atoms with Gasteiger partial charge in [-0.05, 0) is 24.3 Å². The van der Waals surface area contributed by atoms with Crippen molar-refractivity contribution in [2.75, 3.05) is 0 Å². The molecule has 0 aromatic heterocycles. The number of hydrogen-bond donors (Lipinski definition) is 0. The second kappa shape index (κ2) is 18.5. The number of allylic oxidation sites excluding steroid dienone is 4. The van der Waals surface area contributed by atoms with Gasteiger partial charge in [0.05, 0.1) is 0 Å². The molecule has 24 heavy (non-hydrogen) atoms. The van der Waals surface area contributed by atoms with Gasteiger partial charge in [-0.25, -0.2) is 0 Å². The molecule has 3 rings (SSSR count). The zero-order chi connectivity index (χ0) is 17.2. The van der Waals surface area contributed by atoms with E-state index in [1.54, 1.807) is 0 Å². The van der Waals surface area contributed by atoms with Crippen LogP contribution in [0.4, 0.5) is 0 Å². The molecular formula is C21H15FeO2. The third kappa shape index (κ3) is 12.1. The Morgan fingerprint density at radius 3 is 1.12 bits per heavy atom. The average Bonchev–Trinajstić information content (AvgIpc) is 3.25. The van der Waals surface area contributed by atoms with E-state index in [0.29, 0.717) is 0 Å². The van der Waals surface area contributed by atoms with Crippen molar-refractivity contribution in [3.8, 4) is 11.8 Å². The molecule has 2 nitrogen and oxygen atoms in total. The first kappa shape index (κ1) is 23.7. The van der Waals surface area contributed by atoms with E-state index >= 15 is 0 Å². The number of hydrogen-bond acceptors (Lipinski definition) is 0. The molecule has 0 atom stereocenters. The average molecular weight is 355 g/mol. The molecule has 1 aliphatic rings. The Hall–Kier alpha value is -2.52. The quantitative estimate of drug-likeness (QED) is 0.292. The summed E-state index contributed by atoms with van der Waals surface area (Å²) >= 11 is 0. The summed E-state index contributed by atoms with van der Waals surface area (Å²) in [5.74, 6) is 6.22. The summed E-state index contributed by atoms with van der Waals surface area (Å²) in [5, 5.41) is 0. The van der Waals surface area contributed by atoms with Gasteiger partial charge >= 0.3 is 22.6 Å². The molecule has 1 radical (unpaired) electrons. The van der Waals surface area contributed by atoms with Crippen molar-refractivity contribution in [2.45, 2.75) is 0 Å². The van der Waals surface area contributed by atoms with Gasteiger partial charge in [-0.15, -0.1) is 0 Å². The standard InChI is InChI=1S/C14H10.C5H5.2CO.Fe/c1-3-7-13(8-4-1)11-12-14-9-5-2-6-10-14;1-2-4-5-3-1;2*1-2;/h1-10H;1-5H;;;. The normalized spacial score (nSPS) is 9.00. The Balaban J connectivity index is 0. The Labute approximate surface area is 154 Å². The summed E-state index contributed by atoms with van der Waals surface area (Å²) in [6, 6.07) is 20.0. The van der Waals surface area contributed by atoms with E-state index in [9.17, 15) is 0 Å². The van der Waals surface area contributed by atoms with Gasteiger partial charge < -0.3 is 0 Å². The maximum Gasteiger partial charge on any atom is 0.00506 e.